The molecule has 1 unspecified atom stereocenters. The number of likely N-dealkylation sites (tertiary alicyclic amines) is 1. The molecule has 1 saturated heterocycles. The van der Waals surface area contributed by atoms with E-state index in [0.717, 1.165) is 0 Å². The van der Waals surface area contributed by atoms with Gasteiger partial charge < -0.3 is 15.7 Å². The van der Waals surface area contributed by atoms with Gasteiger partial charge in [0, 0.05) is 13.1 Å². The Morgan fingerprint density at radius 2 is 2.14 bits per heavy atom. The molecular weight excluding hydrogens is 184 g/mol. The molecule has 1 aliphatic heterocycles. The van der Waals surface area contributed by atoms with Gasteiger partial charge in [-0.1, -0.05) is 0 Å². The molecule has 0 bridgehead atoms. The third-order valence-electron chi connectivity index (χ3n) is 2.69. The molecule has 1 rings (SSSR count). The van der Waals surface area contributed by atoms with Crippen molar-refractivity contribution in [3.8, 4) is 0 Å². The van der Waals surface area contributed by atoms with Crippen LogP contribution < -0.4 is 5.73 Å². The first-order valence-corrected chi connectivity index (χ1v) is 4.64. The first kappa shape index (κ1) is 11.0. The summed E-state index contributed by atoms with van der Waals surface area (Å²) in [4.78, 5) is 23.9. The Labute approximate surface area is 82.9 Å². The second-order valence-electron chi connectivity index (χ2n) is 4.16. The second kappa shape index (κ2) is 3.57. The van der Waals surface area contributed by atoms with Gasteiger partial charge in [0.1, 0.15) is 0 Å². The number of hydrogen-bond acceptors (Lipinski definition) is 3. The molecule has 0 saturated carbocycles. The van der Waals surface area contributed by atoms with Gasteiger partial charge >= 0.3 is 5.97 Å². The van der Waals surface area contributed by atoms with Gasteiger partial charge in [-0.3, -0.25) is 9.59 Å². The van der Waals surface area contributed by atoms with Crippen LogP contribution in [0.2, 0.25) is 0 Å². The summed E-state index contributed by atoms with van der Waals surface area (Å²) in [5, 5.41) is 8.94. The van der Waals surface area contributed by atoms with Crippen LogP contribution >= 0.6 is 0 Å². The van der Waals surface area contributed by atoms with Crippen LogP contribution in [0.15, 0.2) is 0 Å². The summed E-state index contributed by atoms with van der Waals surface area (Å²) in [6.45, 7) is 4.02. The van der Waals surface area contributed by atoms with Crippen LogP contribution in [0.25, 0.3) is 0 Å². The molecule has 2 atom stereocenters. The van der Waals surface area contributed by atoms with E-state index in [1.807, 2.05) is 0 Å². The molecule has 3 N–H and O–H groups in total. The van der Waals surface area contributed by atoms with Crippen molar-refractivity contribution in [2.75, 3.05) is 13.1 Å². The zero-order valence-corrected chi connectivity index (χ0v) is 8.49. The molecule has 0 aliphatic carbocycles. The maximum atomic E-state index is 11.5. The Kier molecular flexibility index (Phi) is 2.80. The van der Waals surface area contributed by atoms with Crippen LogP contribution in [0.4, 0.5) is 0 Å². The smallest absolute Gasteiger partial charge is 0.311 e. The highest BCUT2D eigenvalue weighted by atomic mass is 16.4. The van der Waals surface area contributed by atoms with E-state index in [9.17, 15) is 9.59 Å². The van der Waals surface area contributed by atoms with Crippen LogP contribution in [-0.2, 0) is 9.59 Å². The standard InChI is InChI=1S/C9H16N2O3/c1-6(10)7(12)11-4-3-9(2,5-11)8(13)14/h6H,3-5,10H2,1-2H3,(H,13,14)/t6-,9?/m0/s1. The fourth-order valence-electron chi connectivity index (χ4n) is 1.61. The zero-order valence-electron chi connectivity index (χ0n) is 8.49. The van der Waals surface area contributed by atoms with Gasteiger partial charge in [-0.2, -0.15) is 0 Å². The molecule has 1 aliphatic rings. The van der Waals surface area contributed by atoms with Crippen molar-refractivity contribution < 1.29 is 14.7 Å². The molecule has 0 aromatic carbocycles. The Balaban J connectivity index is 2.66. The van der Waals surface area contributed by atoms with E-state index in [2.05, 4.69) is 0 Å². The van der Waals surface area contributed by atoms with Gasteiger partial charge in [-0.25, -0.2) is 0 Å². The van der Waals surface area contributed by atoms with E-state index in [-0.39, 0.29) is 12.5 Å². The lowest BCUT2D eigenvalue weighted by atomic mass is 9.90. The number of amides is 1. The fraction of sp³-hybridized carbons (Fsp3) is 0.778. The van der Waals surface area contributed by atoms with E-state index in [1.165, 1.54) is 4.90 Å². The Hall–Kier alpha value is -1.10. The highest BCUT2D eigenvalue weighted by molar-refractivity contribution is 5.83. The predicted molar refractivity (Wildman–Crippen MR) is 50.6 cm³/mol. The lowest BCUT2D eigenvalue weighted by Crippen LogP contribution is -2.42. The molecule has 0 spiro atoms. The highest BCUT2D eigenvalue weighted by Gasteiger charge is 2.42. The van der Waals surface area contributed by atoms with Crippen molar-refractivity contribution in [1.29, 1.82) is 0 Å². The first-order valence-electron chi connectivity index (χ1n) is 4.64. The maximum Gasteiger partial charge on any atom is 0.311 e. The van der Waals surface area contributed by atoms with E-state index < -0.39 is 17.4 Å². The topological polar surface area (TPSA) is 83.6 Å². The minimum Gasteiger partial charge on any atom is -0.481 e. The largest absolute Gasteiger partial charge is 0.481 e. The van der Waals surface area contributed by atoms with Crippen molar-refractivity contribution >= 4 is 11.9 Å². The van der Waals surface area contributed by atoms with Crippen molar-refractivity contribution in [3.63, 3.8) is 0 Å². The molecule has 1 heterocycles. The molecule has 0 aromatic heterocycles. The summed E-state index contributed by atoms with van der Waals surface area (Å²) in [5.74, 6) is -1.02. The molecule has 5 nitrogen and oxygen atoms in total. The van der Waals surface area contributed by atoms with Crippen molar-refractivity contribution in [2.24, 2.45) is 11.1 Å². The monoisotopic (exact) mass is 200 g/mol. The van der Waals surface area contributed by atoms with Gasteiger partial charge in [0.25, 0.3) is 0 Å². The number of carboxylic acids is 1. The van der Waals surface area contributed by atoms with Crippen molar-refractivity contribution in [3.05, 3.63) is 0 Å². The third-order valence-corrected chi connectivity index (χ3v) is 2.69. The van der Waals surface area contributed by atoms with Crippen molar-refractivity contribution in [2.45, 2.75) is 26.3 Å². The average Bonchev–Trinajstić information content (AvgIpc) is 2.48. The van der Waals surface area contributed by atoms with Gasteiger partial charge in [-0.15, -0.1) is 0 Å². The van der Waals surface area contributed by atoms with E-state index in [0.29, 0.717) is 13.0 Å². The van der Waals surface area contributed by atoms with Crippen LogP contribution in [-0.4, -0.2) is 41.0 Å². The van der Waals surface area contributed by atoms with Crippen LogP contribution in [0, 0.1) is 5.41 Å². The van der Waals surface area contributed by atoms with Gasteiger partial charge in [0.15, 0.2) is 0 Å². The number of rotatable bonds is 2. The molecule has 0 radical (unpaired) electrons. The Morgan fingerprint density at radius 1 is 1.57 bits per heavy atom. The summed E-state index contributed by atoms with van der Waals surface area (Å²) < 4.78 is 0. The lowest BCUT2D eigenvalue weighted by molar-refractivity contribution is -0.147. The SMILES string of the molecule is C[C@H](N)C(=O)N1CCC(C)(C(=O)O)C1. The van der Waals surface area contributed by atoms with Crippen LogP contribution in [0.5, 0.6) is 0 Å². The zero-order chi connectivity index (χ0) is 10.9. The highest BCUT2D eigenvalue weighted by Crippen LogP contribution is 2.30. The molecule has 1 fully saturated rings. The summed E-state index contributed by atoms with van der Waals surface area (Å²) in [7, 11) is 0. The number of aliphatic carboxylic acids is 1. The summed E-state index contributed by atoms with van der Waals surface area (Å²) in [6.07, 6.45) is 0.501. The predicted octanol–water partition coefficient (Wildman–Crippen LogP) is -0.343. The van der Waals surface area contributed by atoms with Gasteiger partial charge in [0.2, 0.25) is 5.91 Å². The first-order chi connectivity index (χ1) is 6.37. The summed E-state index contributed by atoms with van der Waals surface area (Å²) >= 11 is 0. The third kappa shape index (κ3) is 1.87. The number of nitrogens with two attached hydrogens (primary N) is 1. The Bertz CT molecular complexity index is 265. The molecule has 0 aromatic rings. The second-order valence-corrected chi connectivity index (χ2v) is 4.16. The molecule has 14 heavy (non-hydrogen) atoms. The minimum absolute atomic E-state index is 0.171. The van der Waals surface area contributed by atoms with Crippen LogP contribution in [0.1, 0.15) is 20.3 Å². The van der Waals surface area contributed by atoms with E-state index in [1.54, 1.807) is 13.8 Å². The molecule has 1 amide bonds. The van der Waals surface area contributed by atoms with Crippen LogP contribution in [0.3, 0.4) is 0 Å². The normalized spacial score (nSPS) is 28.9. The molecule has 80 valence electrons. The maximum absolute atomic E-state index is 11.5. The van der Waals surface area contributed by atoms with Gasteiger partial charge in [-0.05, 0) is 20.3 Å². The summed E-state index contributed by atoms with van der Waals surface area (Å²) in [6, 6.07) is -0.550. The summed E-state index contributed by atoms with van der Waals surface area (Å²) in [5.41, 5.74) is 4.64. The molecular formula is C9H16N2O3. The number of nitrogens with zero attached hydrogens (tertiary/aromatic N) is 1. The Morgan fingerprint density at radius 3 is 2.50 bits per heavy atom. The van der Waals surface area contributed by atoms with Crippen molar-refractivity contribution in [1.82, 2.24) is 4.90 Å². The molecule has 5 heteroatoms. The minimum atomic E-state index is -0.850. The number of carboxylic acid groups (broad SMARTS) is 1. The average molecular weight is 200 g/mol. The van der Waals surface area contributed by atoms with Gasteiger partial charge in [0.05, 0.1) is 11.5 Å². The quantitative estimate of drug-likeness (QED) is 0.638. The lowest BCUT2D eigenvalue weighted by Gasteiger charge is -2.21. The van der Waals surface area contributed by atoms with E-state index >= 15 is 0 Å². The number of carbonyl (C=O) groups excluding carboxylic acids is 1. The van der Waals surface area contributed by atoms with E-state index in [4.69, 9.17) is 10.8 Å². The number of hydrogen-bond donors (Lipinski definition) is 2. The number of carbonyl (C=O) groups is 2. The fourth-order valence-corrected chi connectivity index (χ4v) is 1.61.